The van der Waals surface area contributed by atoms with Crippen LogP contribution in [0.25, 0.3) is 0 Å². The molecule has 1 saturated heterocycles. The summed E-state index contributed by atoms with van der Waals surface area (Å²) in [6.07, 6.45) is 0.141. The summed E-state index contributed by atoms with van der Waals surface area (Å²) in [7, 11) is 0. The van der Waals surface area contributed by atoms with Crippen LogP contribution >= 0.6 is 31.9 Å². The van der Waals surface area contributed by atoms with Crippen molar-refractivity contribution in [3.05, 3.63) is 21.1 Å². The zero-order valence-electron chi connectivity index (χ0n) is 9.32. The number of halogens is 2. The molecule has 1 aliphatic heterocycles. The van der Waals surface area contributed by atoms with E-state index in [4.69, 9.17) is 11.5 Å². The summed E-state index contributed by atoms with van der Waals surface area (Å²) < 4.78 is 1.60. The molecule has 4 N–H and O–H groups in total. The maximum Gasteiger partial charge on any atom is 0.227 e. The number of nitrogen functional groups attached to an aromatic ring is 1. The van der Waals surface area contributed by atoms with E-state index >= 15 is 0 Å². The monoisotopic (exact) mass is 375 g/mol. The molecule has 1 unspecified atom stereocenters. The van der Waals surface area contributed by atoms with Crippen LogP contribution in [-0.4, -0.2) is 18.4 Å². The zero-order valence-corrected chi connectivity index (χ0v) is 12.5. The molecule has 1 heterocycles. The third-order valence-electron chi connectivity index (χ3n) is 2.89. The molecule has 7 heteroatoms. The molecule has 1 atom stereocenters. The highest BCUT2D eigenvalue weighted by atomic mass is 79.9. The second kappa shape index (κ2) is 4.89. The van der Waals surface area contributed by atoms with E-state index in [-0.39, 0.29) is 18.9 Å². The van der Waals surface area contributed by atoms with Gasteiger partial charge in [-0.15, -0.1) is 0 Å². The van der Waals surface area contributed by atoms with Crippen molar-refractivity contribution < 1.29 is 9.59 Å². The molecule has 2 rings (SSSR count). The van der Waals surface area contributed by atoms with Crippen LogP contribution in [0.15, 0.2) is 21.1 Å². The summed E-state index contributed by atoms with van der Waals surface area (Å²) in [5, 5.41) is 0. The number of hydrogen-bond acceptors (Lipinski definition) is 3. The van der Waals surface area contributed by atoms with Crippen LogP contribution < -0.4 is 16.4 Å². The van der Waals surface area contributed by atoms with Gasteiger partial charge >= 0.3 is 0 Å². The molecule has 2 amide bonds. The average molecular weight is 377 g/mol. The molecule has 1 aromatic rings. The Morgan fingerprint density at radius 1 is 1.33 bits per heavy atom. The van der Waals surface area contributed by atoms with Crippen molar-refractivity contribution >= 4 is 55.0 Å². The number of hydrogen-bond donors (Lipinski definition) is 2. The quantitative estimate of drug-likeness (QED) is 0.768. The van der Waals surface area contributed by atoms with Crippen molar-refractivity contribution in [2.75, 3.05) is 17.2 Å². The molecule has 0 radical (unpaired) electrons. The minimum absolute atomic E-state index is 0.139. The highest BCUT2D eigenvalue weighted by molar-refractivity contribution is 9.13. The van der Waals surface area contributed by atoms with Gasteiger partial charge in [0.1, 0.15) is 0 Å². The standard InChI is InChI=1S/C11H11Br2N3O2/c12-6-2-8(14)9(3-7(6)13)16-4-5(11(15)18)1-10(16)17/h2-3,5H,1,4,14H2,(H2,15,18). The number of nitrogens with two attached hydrogens (primary N) is 2. The molecule has 0 bridgehead atoms. The first-order valence-electron chi connectivity index (χ1n) is 5.24. The first-order chi connectivity index (χ1) is 8.40. The summed E-state index contributed by atoms with van der Waals surface area (Å²) in [4.78, 5) is 24.5. The second-order valence-corrected chi connectivity index (χ2v) is 5.84. The Hall–Kier alpha value is -1.08. The van der Waals surface area contributed by atoms with Crippen LogP contribution in [0.1, 0.15) is 6.42 Å². The number of amides is 2. The van der Waals surface area contributed by atoms with Crippen LogP contribution in [0.2, 0.25) is 0 Å². The number of anilines is 2. The third kappa shape index (κ3) is 2.37. The third-order valence-corrected chi connectivity index (χ3v) is 4.73. The minimum atomic E-state index is -0.458. The van der Waals surface area contributed by atoms with Crippen molar-refractivity contribution in [3.8, 4) is 0 Å². The van der Waals surface area contributed by atoms with E-state index in [1.54, 1.807) is 12.1 Å². The number of nitrogens with zero attached hydrogens (tertiary/aromatic N) is 1. The van der Waals surface area contributed by atoms with Crippen LogP contribution in [0.5, 0.6) is 0 Å². The second-order valence-electron chi connectivity index (χ2n) is 4.13. The summed E-state index contributed by atoms with van der Waals surface area (Å²) in [6.45, 7) is 0.284. The van der Waals surface area contributed by atoms with Crippen molar-refractivity contribution in [2.24, 2.45) is 11.7 Å². The normalized spacial score (nSPS) is 19.3. The topological polar surface area (TPSA) is 89.4 Å². The van der Waals surface area contributed by atoms with E-state index < -0.39 is 11.8 Å². The van der Waals surface area contributed by atoms with E-state index in [2.05, 4.69) is 31.9 Å². The molecular formula is C11H11Br2N3O2. The van der Waals surface area contributed by atoms with Gasteiger partial charge in [0.2, 0.25) is 11.8 Å². The number of benzene rings is 1. The van der Waals surface area contributed by atoms with Crippen molar-refractivity contribution in [1.82, 2.24) is 0 Å². The molecule has 0 spiro atoms. The zero-order chi connectivity index (χ0) is 13.4. The molecular weight excluding hydrogens is 366 g/mol. The van der Waals surface area contributed by atoms with Gasteiger partial charge in [0.25, 0.3) is 0 Å². The molecule has 0 saturated carbocycles. The summed E-state index contributed by atoms with van der Waals surface area (Å²) in [6, 6.07) is 3.46. The molecule has 96 valence electrons. The first kappa shape index (κ1) is 13.4. The fourth-order valence-corrected chi connectivity index (χ4v) is 2.61. The Balaban J connectivity index is 2.35. The molecule has 0 aliphatic carbocycles. The maximum absolute atomic E-state index is 11.9. The predicted octanol–water partition coefficient (Wildman–Crippen LogP) is 1.63. The van der Waals surface area contributed by atoms with Crippen molar-refractivity contribution in [1.29, 1.82) is 0 Å². The first-order valence-corrected chi connectivity index (χ1v) is 6.83. The molecule has 1 aromatic carbocycles. The Kier molecular flexibility index (Phi) is 3.63. The number of rotatable bonds is 2. The molecule has 1 fully saturated rings. The lowest BCUT2D eigenvalue weighted by atomic mass is 10.1. The Bertz CT molecular complexity index is 533. The Labute approximate surface area is 121 Å². The fraction of sp³-hybridized carbons (Fsp3) is 0.273. The van der Waals surface area contributed by atoms with E-state index in [0.29, 0.717) is 11.4 Å². The maximum atomic E-state index is 11.9. The smallest absolute Gasteiger partial charge is 0.227 e. The average Bonchev–Trinajstić information content (AvgIpc) is 2.66. The van der Waals surface area contributed by atoms with E-state index in [0.717, 1.165) is 8.95 Å². The van der Waals surface area contributed by atoms with Crippen molar-refractivity contribution in [3.63, 3.8) is 0 Å². The highest BCUT2D eigenvalue weighted by Gasteiger charge is 2.34. The van der Waals surface area contributed by atoms with Gasteiger partial charge in [0, 0.05) is 21.9 Å². The van der Waals surface area contributed by atoms with E-state index in [1.165, 1.54) is 4.90 Å². The van der Waals surface area contributed by atoms with Gasteiger partial charge in [-0.2, -0.15) is 0 Å². The van der Waals surface area contributed by atoms with Gasteiger partial charge in [-0.1, -0.05) is 0 Å². The van der Waals surface area contributed by atoms with Crippen molar-refractivity contribution in [2.45, 2.75) is 6.42 Å². The van der Waals surface area contributed by atoms with Crippen LogP contribution in [0.4, 0.5) is 11.4 Å². The molecule has 5 nitrogen and oxygen atoms in total. The Morgan fingerprint density at radius 3 is 2.50 bits per heavy atom. The van der Waals surface area contributed by atoms with Gasteiger partial charge < -0.3 is 16.4 Å². The van der Waals surface area contributed by atoms with Crippen LogP contribution in [0.3, 0.4) is 0 Å². The van der Waals surface area contributed by atoms with Gasteiger partial charge in [0.15, 0.2) is 0 Å². The van der Waals surface area contributed by atoms with Crippen LogP contribution in [-0.2, 0) is 9.59 Å². The van der Waals surface area contributed by atoms with Gasteiger partial charge in [0.05, 0.1) is 17.3 Å². The van der Waals surface area contributed by atoms with Crippen LogP contribution in [0, 0.1) is 5.92 Å². The minimum Gasteiger partial charge on any atom is -0.397 e. The predicted molar refractivity (Wildman–Crippen MR) is 75.9 cm³/mol. The summed E-state index contributed by atoms with van der Waals surface area (Å²) >= 11 is 6.69. The number of carbonyl (C=O) groups excluding carboxylic acids is 2. The van der Waals surface area contributed by atoms with Gasteiger partial charge in [-0.25, -0.2) is 0 Å². The lowest BCUT2D eigenvalue weighted by Crippen LogP contribution is -2.28. The Morgan fingerprint density at radius 2 is 1.94 bits per heavy atom. The number of primary amides is 1. The summed E-state index contributed by atoms with van der Waals surface area (Å²) in [5.41, 5.74) is 12.2. The fourth-order valence-electron chi connectivity index (χ4n) is 1.92. The van der Waals surface area contributed by atoms with Gasteiger partial charge in [-0.3, -0.25) is 9.59 Å². The molecule has 0 aromatic heterocycles. The molecule has 1 aliphatic rings. The highest BCUT2D eigenvalue weighted by Crippen LogP contribution is 2.36. The van der Waals surface area contributed by atoms with E-state index in [1.807, 2.05) is 0 Å². The molecule has 18 heavy (non-hydrogen) atoms. The lowest BCUT2D eigenvalue weighted by molar-refractivity contribution is -0.123. The largest absolute Gasteiger partial charge is 0.397 e. The number of carbonyl (C=O) groups is 2. The van der Waals surface area contributed by atoms with E-state index in [9.17, 15) is 9.59 Å². The van der Waals surface area contributed by atoms with Gasteiger partial charge in [-0.05, 0) is 44.0 Å². The summed E-state index contributed by atoms with van der Waals surface area (Å²) in [5.74, 6) is -1.04. The lowest BCUT2D eigenvalue weighted by Gasteiger charge is -2.19. The SMILES string of the molecule is NC(=O)C1CC(=O)N(c2cc(Br)c(Br)cc2N)C1.